The van der Waals surface area contributed by atoms with E-state index in [0.29, 0.717) is 64.9 Å². The SMILES string of the molecule is COc1cc(C=CC(=O)O[C@H]2C[C@@H]3C[C@H](OC(=O)c4cc(OC)c(OC)c(OC)c4)C[C@H]2N3C)cc(OC)c1OC. The van der Waals surface area contributed by atoms with E-state index in [0.717, 1.165) is 0 Å². The van der Waals surface area contributed by atoms with Gasteiger partial charge in [0.25, 0.3) is 0 Å². The van der Waals surface area contributed by atoms with Crippen LogP contribution in [0.4, 0.5) is 0 Å². The highest BCUT2D eigenvalue weighted by Gasteiger charge is 2.47. The summed E-state index contributed by atoms with van der Waals surface area (Å²) < 4.78 is 43.9. The zero-order valence-corrected chi connectivity index (χ0v) is 24.4. The summed E-state index contributed by atoms with van der Waals surface area (Å²) >= 11 is 0. The zero-order chi connectivity index (χ0) is 29.7. The number of likely N-dealkylation sites (N-methyl/N-ethyl adjacent to an activating group) is 1. The Morgan fingerprint density at radius 3 is 1.78 bits per heavy atom. The van der Waals surface area contributed by atoms with Crippen LogP contribution in [0.15, 0.2) is 30.3 Å². The van der Waals surface area contributed by atoms with Crippen LogP contribution >= 0.6 is 0 Å². The van der Waals surface area contributed by atoms with E-state index in [-0.39, 0.29) is 24.3 Å². The summed E-state index contributed by atoms with van der Waals surface area (Å²) in [7, 11) is 11.1. The second kappa shape index (κ2) is 13.0. The van der Waals surface area contributed by atoms with Crippen molar-refractivity contribution in [2.45, 2.75) is 43.6 Å². The average molecular weight is 572 g/mol. The van der Waals surface area contributed by atoms with Gasteiger partial charge in [0, 0.05) is 31.4 Å². The molecule has 2 aromatic rings. The number of rotatable bonds is 11. The summed E-state index contributed by atoms with van der Waals surface area (Å²) in [4.78, 5) is 28.0. The van der Waals surface area contributed by atoms with Crippen molar-refractivity contribution in [1.82, 2.24) is 4.90 Å². The molecule has 2 aliphatic rings. The molecule has 222 valence electrons. The Hall–Kier alpha value is -4.12. The molecule has 2 aliphatic heterocycles. The standard InChI is InChI=1S/C30H37NO10/c1-31-19-14-20(40-30(33)18-12-25(36-4)29(39-7)26(13-18)37-5)16-21(31)22(15-19)41-27(32)9-8-17-10-23(34-2)28(38-6)24(11-17)35-3/h8-13,19-22H,14-16H2,1-7H3/t19-,20-,21+,22-/m0/s1. The Kier molecular flexibility index (Phi) is 9.49. The van der Waals surface area contributed by atoms with Gasteiger partial charge in [-0.2, -0.15) is 0 Å². The molecule has 0 saturated carbocycles. The first-order chi connectivity index (χ1) is 19.8. The minimum atomic E-state index is -0.486. The van der Waals surface area contributed by atoms with Crippen molar-refractivity contribution in [3.05, 3.63) is 41.5 Å². The summed E-state index contributed by atoms with van der Waals surface area (Å²) in [6, 6.07) is 6.66. The van der Waals surface area contributed by atoms with Crippen molar-refractivity contribution in [3.63, 3.8) is 0 Å². The van der Waals surface area contributed by atoms with Gasteiger partial charge >= 0.3 is 11.9 Å². The number of piperidine rings is 1. The maximum Gasteiger partial charge on any atom is 0.338 e. The number of hydrogen-bond donors (Lipinski definition) is 0. The van der Waals surface area contributed by atoms with Crippen LogP contribution in [0.2, 0.25) is 0 Å². The second-order valence-electron chi connectivity index (χ2n) is 9.80. The maximum atomic E-state index is 13.1. The maximum absolute atomic E-state index is 13.1. The Labute approximate surface area is 239 Å². The van der Waals surface area contributed by atoms with Gasteiger partial charge in [0.05, 0.1) is 54.3 Å². The zero-order valence-electron chi connectivity index (χ0n) is 24.4. The summed E-state index contributed by atoms with van der Waals surface area (Å²) in [5.74, 6) is 1.62. The summed E-state index contributed by atoms with van der Waals surface area (Å²) in [6.45, 7) is 0. The molecule has 0 aliphatic carbocycles. The predicted octanol–water partition coefficient (Wildman–Crippen LogP) is 3.76. The topological polar surface area (TPSA) is 111 Å². The molecule has 2 fully saturated rings. The highest BCUT2D eigenvalue weighted by molar-refractivity contribution is 5.91. The minimum absolute atomic E-state index is 0.0787. The smallest absolute Gasteiger partial charge is 0.338 e. The highest BCUT2D eigenvalue weighted by Crippen LogP contribution is 2.41. The van der Waals surface area contributed by atoms with E-state index < -0.39 is 11.9 Å². The number of methoxy groups -OCH3 is 6. The minimum Gasteiger partial charge on any atom is -0.493 e. The molecule has 11 nitrogen and oxygen atoms in total. The number of esters is 2. The monoisotopic (exact) mass is 571 g/mol. The van der Waals surface area contributed by atoms with E-state index in [1.807, 2.05) is 7.05 Å². The fraction of sp³-hybridized carbons (Fsp3) is 0.467. The van der Waals surface area contributed by atoms with Crippen LogP contribution in [0.5, 0.6) is 34.5 Å². The van der Waals surface area contributed by atoms with Crippen LogP contribution < -0.4 is 28.4 Å². The van der Waals surface area contributed by atoms with Gasteiger partial charge in [0.1, 0.15) is 12.2 Å². The molecule has 0 unspecified atom stereocenters. The summed E-state index contributed by atoms with van der Waals surface area (Å²) in [5.41, 5.74) is 0.989. The van der Waals surface area contributed by atoms with Gasteiger partial charge in [-0.15, -0.1) is 0 Å². The van der Waals surface area contributed by atoms with Gasteiger partial charge in [-0.3, -0.25) is 4.90 Å². The number of nitrogens with zero attached hydrogens (tertiary/aromatic N) is 1. The highest BCUT2D eigenvalue weighted by atomic mass is 16.6. The van der Waals surface area contributed by atoms with E-state index in [1.165, 1.54) is 48.7 Å². The first-order valence-corrected chi connectivity index (χ1v) is 13.2. The number of benzene rings is 2. The van der Waals surface area contributed by atoms with Gasteiger partial charge in [-0.1, -0.05) is 0 Å². The van der Waals surface area contributed by atoms with Gasteiger partial charge < -0.3 is 37.9 Å². The van der Waals surface area contributed by atoms with Crippen LogP contribution in [0, 0.1) is 0 Å². The number of fused-ring (bicyclic) bond motifs is 2. The lowest BCUT2D eigenvalue weighted by atomic mass is 10.00. The van der Waals surface area contributed by atoms with Crippen molar-refractivity contribution in [1.29, 1.82) is 0 Å². The van der Waals surface area contributed by atoms with Crippen molar-refractivity contribution in [2.75, 3.05) is 49.7 Å². The molecule has 4 rings (SSSR count). The molecule has 2 bridgehead atoms. The van der Waals surface area contributed by atoms with Crippen molar-refractivity contribution >= 4 is 18.0 Å². The van der Waals surface area contributed by atoms with E-state index >= 15 is 0 Å². The molecule has 2 heterocycles. The van der Waals surface area contributed by atoms with E-state index in [2.05, 4.69) is 4.90 Å². The first-order valence-electron chi connectivity index (χ1n) is 13.2. The van der Waals surface area contributed by atoms with Gasteiger partial charge in [-0.05, 0) is 43.0 Å². The number of ether oxygens (including phenoxy) is 8. The third-order valence-electron chi connectivity index (χ3n) is 7.61. The Balaban J connectivity index is 1.40. The molecular formula is C30H37NO10. The van der Waals surface area contributed by atoms with Crippen molar-refractivity contribution in [3.8, 4) is 34.5 Å². The van der Waals surface area contributed by atoms with Crippen LogP contribution in [0.3, 0.4) is 0 Å². The van der Waals surface area contributed by atoms with Gasteiger partial charge in [-0.25, -0.2) is 9.59 Å². The first kappa shape index (κ1) is 29.9. The molecule has 0 amide bonds. The normalized spacial score (nSPS) is 21.7. The van der Waals surface area contributed by atoms with Gasteiger partial charge in [0.15, 0.2) is 23.0 Å². The fourth-order valence-electron chi connectivity index (χ4n) is 5.57. The molecule has 4 atom stereocenters. The van der Waals surface area contributed by atoms with Crippen LogP contribution in [0.25, 0.3) is 6.08 Å². The second-order valence-corrected chi connectivity index (χ2v) is 9.80. The van der Waals surface area contributed by atoms with Crippen molar-refractivity contribution in [2.24, 2.45) is 0 Å². The molecule has 0 aromatic heterocycles. The molecule has 0 spiro atoms. The largest absolute Gasteiger partial charge is 0.493 e. The van der Waals surface area contributed by atoms with Gasteiger partial charge in [0.2, 0.25) is 11.5 Å². The lowest BCUT2D eigenvalue weighted by Crippen LogP contribution is -2.46. The van der Waals surface area contributed by atoms with Crippen LogP contribution in [-0.4, -0.2) is 90.8 Å². The lowest BCUT2D eigenvalue weighted by molar-refractivity contribution is -0.144. The third kappa shape index (κ3) is 6.30. The Morgan fingerprint density at radius 2 is 1.27 bits per heavy atom. The summed E-state index contributed by atoms with van der Waals surface area (Å²) in [5, 5.41) is 0. The summed E-state index contributed by atoms with van der Waals surface area (Å²) in [6.07, 6.45) is 4.20. The third-order valence-corrected chi connectivity index (χ3v) is 7.61. The molecule has 2 saturated heterocycles. The number of carbonyl (C=O) groups excluding carboxylic acids is 2. The van der Waals surface area contributed by atoms with E-state index in [9.17, 15) is 9.59 Å². The molecular weight excluding hydrogens is 534 g/mol. The Morgan fingerprint density at radius 1 is 0.732 bits per heavy atom. The van der Waals surface area contributed by atoms with Crippen molar-refractivity contribution < 1.29 is 47.5 Å². The molecule has 11 heteroatoms. The van der Waals surface area contributed by atoms with Crippen LogP contribution in [0.1, 0.15) is 35.2 Å². The average Bonchev–Trinajstić information content (AvgIpc) is 3.14. The van der Waals surface area contributed by atoms with Crippen LogP contribution in [-0.2, 0) is 14.3 Å². The molecule has 2 aromatic carbocycles. The Bertz CT molecular complexity index is 1240. The lowest BCUT2D eigenvalue weighted by Gasteiger charge is -2.36. The van der Waals surface area contributed by atoms with E-state index in [4.69, 9.17) is 37.9 Å². The number of hydrogen-bond acceptors (Lipinski definition) is 11. The molecule has 41 heavy (non-hydrogen) atoms. The quantitative estimate of drug-likeness (QED) is 0.290. The molecule has 0 radical (unpaired) electrons. The number of carbonyl (C=O) groups is 2. The predicted molar refractivity (Wildman–Crippen MR) is 150 cm³/mol. The molecule has 0 N–H and O–H groups in total. The fourth-order valence-corrected chi connectivity index (χ4v) is 5.57. The van der Waals surface area contributed by atoms with E-state index in [1.54, 1.807) is 30.3 Å².